The summed E-state index contributed by atoms with van der Waals surface area (Å²) in [6.45, 7) is 2.01. The molecule has 0 spiro atoms. The lowest BCUT2D eigenvalue weighted by Gasteiger charge is -2.26. The van der Waals surface area contributed by atoms with Crippen LogP contribution >= 0.6 is 0 Å². The van der Waals surface area contributed by atoms with Crippen LogP contribution in [0.25, 0.3) is 0 Å². The van der Waals surface area contributed by atoms with E-state index in [0.29, 0.717) is 28.3 Å². The van der Waals surface area contributed by atoms with Gasteiger partial charge in [0.25, 0.3) is 0 Å². The second kappa shape index (κ2) is 6.61. The van der Waals surface area contributed by atoms with Crippen LogP contribution in [-0.2, 0) is 4.74 Å². The minimum atomic E-state index is -0.453. The number of aryl methyl sites for hydroxylation is 1. The van der Waals surface area contributed by atoms with Crippen LogP contribution in [0.2, 0.25) is 0 Å². The molecule has 0 N–H and O–H groups in total. The Morgan fingerprint density at radius 1 is 0.963 bits per heavy atom. The van der Waals surface area contributed by atoms with Crippen LogP contribution < -0.4 is 9.64 Å². The van der Waals surface area contributed by atoms with Crippen molar-refractivity contribution in [3.05, 3.63) is 83.4 Å². The molecule has 0 saturated heterocycles. The number of carbonyl (C=O) groups excluding carboxylic acids is 2. The molecule has 3 aromatic carbocycles. The van der Waals surface area contributed by atoms with Gasteiger partial charge < -0.3 is 14.4 Å². The van der Waals surface area contributed by atoms with Gasteiger partial charge >= 0.3 is 11.9 Å². The highest BCUT2D eigenvalue weighted by molar-refractivity contribution is 6.03. The Morgan fingerprint density at radius 2 is 1.70 bits per heavy atom. The third-order valence-corrected chi connectivity index (χ3v) is 4.48. The first-order valence-corrected chi connectivity index (χ1v) is 8.49. The standard InChI is InChI=1S/C22H17NO4/c1-14-7-10-16(11-8-14)23-18-6-4-3-5-17(18)22(25)27-20-12-9-15(13-19(20)23)21(24)26-2/h3-13H,1-2H3. The summed E-state index contributed by atoms with van der Waals surface area (Å²) in [6.07, 6.45) is 0. The maximum atomic E-state index is 12.6. The Kier molecular flexibility index (Phi) is 4.12. The van der Waals surface area contributed by atoms with E-state index in [2.05, 4.69) is 0 Å². The quantitative estimate of drug-likeness (QED) is 0.487. The molecular weight excluding hydrogens is 342 g/mol. The van der Waals surface area contributed by atoms with Gasteiger partial charge in [0, 0.05) is 5.69 Å². The van der Waals surface area contributed by atoms with E-state index in [1.54, 1.807) is 30.3 Å². The molecule has 27 heavy (non-hydrogen) atoms. The predicted octanol–water partition coefficient (Wildman–Crippen LogP) is 4.78. The van der Waals surface area contributed by atoms with Crippen molar-refractivity contribution in [1.82, 2.24) is 0 Å². The normalized spacial score (nSPS) is 12.5. The van der Waals surface area contributed by atoms with Gasteiger partial charge in [-0.25, -0.2) is 9.59 Å². The molecule has 1 heterocycles. The average molecular weight is 359 g/mol. The van der Waals surface area contributed by atoms with E-state index >= 15 is 0 Å². The second-order valence-corrected chi connectivity index (χ2v) is 6.25. The van der Waals surface area contributed by atoms with Gasteiger partial charge in [0.1, 0.15) is 0 Å². The molecule has 0 aromatic heterocycles. The van der Waals surface area contributed by atoms with Gasteiger partial charge in [-0.05, 0) is 49.4 Å². The second-order valence-electron chi connectivity index (χ2n) is 6.25. The molecule has 0 radical (unpaired) electrons. The Balaban J connectivity index is 2.00. The van der Waals surface area contributed by atoms with Gasteiger partial charge in [-0.1, -0.05) is 29.8 Å². The molecule has 0 unspecified atom stereocenters. The van der Waals surface area contributed by atoms with Crippen LogP contribution in [0.5, 0.6) is 5.75 Å². The number of rotatable bonds is 2. The molecule has 0 fully saturated rings. The highest BCUT2D eigenvalue weighted by Gasteiger charge is 2.28. The van der Waals surface area contributed by atoms with Crippen molar-refractivity contribution in [2.75, 3.05) is 12.0 Å². The summed E-state index contributed by atoms with van der Waals surface area (Å²) in [6, 6.07) is 20.1. The number of esters is 2. The number of benzene rings is 3. The van der Waals surface area contributed by atoms with E-state index in [0.717, 1.165) is 11.3 Å². The van der Waals surface area contributed by atoms with Gasteiger partial charge in [-0.2, -0.15) is 0 Å². The number of carbonyl (C=O) groups is 2. The zero-order valence-corrected chi connectivity index (χ0v) is 14.9. The first-order chi connectivity index (χ1) is 13.1. The van der Waals surface area contributed by atoms with E-state index in [-0.39, 0.29) is 0 Å². The van der Waals surface area contributed by atoms with E-state index < -0.39 is 11.9 Å². The first kappa shape index (κ1) is 16.8. The highest BCUT2D eigenvalue weighted by Crippen LogP contribution is 2.44. The van der Waals surface area contributed by atoms with Crippen LogP contribution in [0.15, 0.2) is 66.7 Å². The van der Waals surface area contributed by atoms with Crippen LogP contribution in [-0.4, -0.2) is 19.0 Å². The molecule has 0 bridgehead atoms. The van der Waals surface area contributed by atoms with Crippen LogP contribution in [0.1, 0.15) is 26.3 Å². The third kappa shape index (κ3) is 2.93. The van der Waals surface area contributed by atoms with Gasteiger partial charge in [-0.3, -0.25) is 0 Å². The summed E-state index contributed by atoms with van der Waals surface area (Å²) in [5.41, 5.74) is 4.09. The molecule has 134 valence electrons. The molecular formula is C22H17NO4. The van der Waals surface area contributed by atoms with Crippen molar-refractivity contribution in [2.45, 2.75) is 6.92 Å². The summed E-state index contributed by atoms with van der Waals surface area (Å²) in [5, 5.41) is 0. The highest BCUT2D eigenvalue weighted by atomic mass is 16.5. The van der Waals surface area contributed by atoms with Gasteiger partial charge in [0.15, 0.2) is 5.75 Å². The van der Waals surface area contributed by atoms with E-state index in [9.17, 15) is 9.59 Å². The number of hydrogen-bond donors (Lipinski definition) is 0. The minimum Gasteiger partial charge on any atom is -0.465 e. The third-order valence-electron chi connectivity index (χ3n) is 4.48. The SMILES string of the molecule is COC(=O)c1ccc2c(c1)N(c1ccc(C)cc1)c1ccccc1C(=O)O2. The van der Waals surface area contributed by atoms with E-state index in [1.165, 1.54) is 7.11 Å². The molecule has 5 heteroatoms. The monoisotopic (exact) mass is 359 g/mol. The maximum Gasteiger partial charge on any atom is 0.345 e. The fourth-order valence-electron chi connectivity index (χ4n) is 3.12. The lowest BCUT2D eigenvalue weighted by Crippen LogP contribution is -2.12. The van der Waals surface area contributed by atoms with Crippen LogP contribution in [0.3, 0.4) is 0 Å². The molecule has 0 amide bonds. The number of ether oxygens (including phenoxy) is 2. The molecule has 0 aliphatic carbocycles. The smallest absolute Gasteiger partial charge is 0.345 e. The summed E-state index contributed by atoms with van der Waals surface area (Å²) in [4.78, 5) is 26.6. The zero-order chi connectivity index (χ0) is 19.0. The average Bonchev–Trinajstić information content (AvgIpc) is 2.82. The topological polar surface area (TPSA) is 55.8 Å². The van der Waals surface area contributed by atoms with Crippen molar-refractivity contribution in [2.24, 2.45) is 0 Å². The van der Waals surface area contributed by atoms with Crippen LogP contribution in [0.4, 0.5) is 17.1 Å². The summed E-state index contributed by atoms with van der Waals surface area (Å²) in [7, 11) is 1.33. The van der Waals surface area contributed by atoms with Gasteiger partial charge in [0.05, 0.1) is 29.6 Å². The first-order valence-electron chi connectivity index (χ1n) is 8.49. The van der Waals surface area contributed by atoms with E-state index in [4.69, 9.17) is 9.47 Å². The molecule has 0 atom stereocenters. The molecule has 4 rings (SSSR count). The Labute approximate surface area is 156 Å². The van der Waals surface area contributed by atoms with Crippen molar-refractivity contribution in [1.29, 1.82) is 0 Å². The summed E-state index contributed by atoms with van der Waals surface area (Å²) < 4.78 is 10.4. The number of fused-ring (bicyclic) bond motifs is 2. The fourth-order valence-corrected chi connectivity index (χ4v) is 3.12. The fraction of sp³-hybridized carbons (Fsp3) is 0.0909. The largest absolute Gasteiger partial charge is 0.465 e. The zero-order valence-electron chi connectivity index (χ0n) is 14.9. The van der Waals surface area contributed by atoms with Gasteiger partial charge in [-0.15, -0.1) is 0 Å². The Morgan fingerprint density at radius 3 is 2.44 bits per heavy atom. The molecule has 1 aliphatic heterocycles. The Hall–Kier alpha value is -3.60. The summed E-state index contributed by atoms with van der Waals surface area (Å²) in [5.74, 6) is -0.512. The van der Waals surface area contributed by atoms with Crippen molar-refractivity contribution in [3.63, 3.8) is 0 Å². The maximum absolute atomic E-state index is 12.6. The Bertz CT molecular complexity index is 1040. The van der Waals surface area contributed by atoms with Gasteiger partial charge in [0.2, 0.25) is 0 Å². The van der Waals surface area contributed by atoms with Crippen molar-refractivity contribution < 1.29 is 19.1 Å². The number of nitrogens with zero attached hydrogens (tertiary/aromatic N) is 1. The molecule has 0 saturated carbocycles. The van der Waals surface area contributed by atoms with Crippen molar-refractivity contribution in [3.8, 4) is 5.75 Å². The van der Waals surface area contributed by atoms with Crippen molar-refractivity contribution >= 4 is 29.0 Å². The number of para-hydroxylation sites is 1. The molecule has 5 nitrogen and oxygen atoms in total. The predicted molar refractivity (Wildman–Crippen MR) is 102 cm³/mol. The van der Waals surface area contributed by atoms with Crippen LogP contribution in [0, 0.1) is 6.92 Å². The minimum absolute atomic E-state index is 0.379. The lowest BCUT2D eigenvalue weighted by molar-refractivity contribution is 0.0600. The number of methoxy groups -OCH3 is 1. The number of anilines is 3. The lowest BCUT2D eigenvalue weighted by atomic mass is 10.1. The summed E-state index contributed by atoms with van der Waals surface area (Å²) >= 11 is 0. The van der Waals surface area contributed by atoms with E-state index in [1.807, 2.05) is 48.2 Å². The molecule has 3 aromatic rings. The number of hydrogen-bond acceptors (Lipinski definition) is 5. The molecule has 1 aliphatic rings.